The third-order valence-corrected chi connectivity index (χ3v) is 24.8. The molecule has 9 atom stereocenters. The summed E-state index contributed by atoms with van der Waals surface area (Å²) in [6.45, 7) is 40.4. The maximum Gasteiger partial charge on any atom is 0.192 e. The van der Waals surface area contributed by atoms with E-state index in [0.717, 1.165) is 36.2 Å². The molecule has 3 saturated carbocycles. The van der Waals surface area contributed by atoms with Gasteiger partial charge >= 0.3 is 0 Å². The summed E-state index contributed by atoms with van der Waals surface area (Å²) < 4.78 is 13.8. The molecule has 0 aromatic heterocycles. The van der Waals surface area contributed by atoms with E-state index < -0.39 is 16.6 Å². The molecule has 0 heterocycles. The van der Waals surface area contributed by atoms with Gasteiger partial charge in [-0.2, -0.15) is 0 Å². The zero-order valence-electron chi connectivity index (χ0n) is 33.2. The molecule has 45 heavy (non-hydrogen) atoms. The first kappa shape index (κ1) is 37.9. The van der Waals surface area contributed by atoms with Crippen LogP contribution in [0, 0.1) is 51.8 Å². The lowest BCUT2D eigenvalue weighted by molar-refractivity contribution is -0.0758. The fraction of sp³-hybridized carbons (Fsp3) is 0.951. The van der Waals surface area contributed by atoms with Crippen molar-refractivity contribution in [3.63, 3.8) is 0 Å². The van der Waals surface area contributed by atoms with Gasteiger partial charge in [0.25, 0.3) is 0 Å². The fourth-order valence-electron chi connectivity index (χ4n) is 10.7. The van der Waals surface area contributed by atoms with E-state index in [1.54, 1.807) is 5.57 Å². The van der Waals surface area contributed by atoms with Gasteiger partial charge in [-0.05, 0) is 134 Å². The average Bonchev–Trinajstić information content (AvgIpc) is 3.25. The Hall–Kier alpha value is 0.0938. The fourth-order valence-corrected chi connectivity index (χ4v) is 13.3. The van der Waals surface area contributed by atoms with Gasteiger partial charge in [-0.3, -0.25) is 0 Å². The molecular weight excluding hydrogens is 581 g/mol. The zero-order chi connectivity index (χ0) is 34.0. The van der Waals surface area contributed by atoms with Crippen LogP contribution in [0.15, 0.2) is 11.6 Å². The van der Waals surface area contributed by atoms with E-state index in [2.05, 4.69) is 115 Å². The van der Waals surface area contributed by atoms with E-state index >= 15 is 0 Å². The van der Waals surface area contributed by atoms with Gasteiger partial charge in [0, 0.05) is 12.0 Å². The van der Waals surface area contributed by atoms with Crippen molar-refractivity contribution in [2.45, 2.75) is 190 Å². The van der Waals surface area contributed by atoms with Crippen LogP contribution in [0.25, 0.3) is 0 Å². The maximum atomic E-state index is 7.20. The van der Waals surface area contributed by atoms with Gasteiger partial charge in [0.1, 0.15) is 0 Å². The molecule has 4 aliphatic carbocycles. The summed E-state index contributed by atoms with van der Waals surface area (Å²) in [5.41, 5.74) is 2.79. The molecule has 0 saturated heterocycles. The molecule has 4 rings (SSSR count). The summed E-state index contributed by atoms with van der Waals surface area (Å²) >= 11 is 0. The summed E-state index contributed by atoms with van der Waals surface area (Å²) in [4.78, 5) is 0. The van der Waals surface area contributed by atoms with E-state index in [4.69, 9.17) is 8.85 Å². The first-order valence-electron chi connectivity index (χ1n) is 19.4. The molecule has 1 unspecified atom stereocenters. The van der Waals surface area contributed by atoms with Crippen molar-refractivity contribution in [2.75, 3.05) is 6.61 Å². The Balaban J connectivity index is 1.39. The van der Waals surface area contributed by atoms with Crippen LogP contribution in [0.5, 0.6) is 0 Å². The molecule has 0 aliphatic heterocycles. The third-order valence-electron chi connectivity index (χ3n) is 15.8. The van der Waals surface area contributed by atoms with Crippen LogP contribution in [0.1, 0.15) is 147 Å². The van der Waals surface area contributed by atoms with Gasteiger partial charge < -0.3 is 8.85 Å². The van der Waals surface area contributed by atoms with E-state index in [-0.39, 0.29) is 10.5 Å². The van der Waals surface area contributed by atoms with Crippen LogP contribution in [0.2, 0.25) is 36.3 Å². The topological polar surface area (TPSA) is 18.5 Å². The van der Waals surface area contributed by atoms with Gasteiger partial charge in [0.15, 0.2) is 16.6 Å². The van der Waals surface area contributed by atoms with Gasteiger partial charge in [0.05, 0.1) is 6.10 Å². The first-order chi connectivity index (χ1) is 20.4. The second kappa shape index (κ2) is 12.8. The molecule has 0 amide bonds. The lowest BCUT2D eigenvalue weighted by Crippen LogP contribution is -2.57. The highest BCUT2D eigenvalue weighted by Crippen LogP contribution is 2.69. The molecule has 4 heteroatoms. The average molecular weight is 659 g/mol. The molecule has 0 spiro atoms. The van der Waals surface area contributed by atoms with Crippen molar-refractivity contribution in [3.8, 4) is 0 Å². The Morgan fingerprint density at radius 3 is 2.02 bits per heavy atom. The van der Waals surface area contributed by atoms with Crippen molar-refractivity contribution >= 4 is 16.6 Å². The monoisotopic (exact) mass is 659 g/mol. The lowest BCUT2D eigenvalue weighted by Gasteiger charge is -2.62. The van der Waals surface area contributed by atoms with E-state index in [0.29, 0.717) is 27.9 Å². The largest absolute Gasteiger partial charge is 0.417 e. The predicted octanol–water partition coefficient (Wildman–Crippen LogP) is 13.1. The van der Waals surface area contributed by atoms with E-state index in [1.165, 1.54) is 64.2 Å². The van der Waals surface area contributed by atoms with E-state index in [1.807, 2.05) is 0 Å². The number of fused-ring (bicyclic) bond motifs is 5. The highest BCUT2D eigenvalue weighted by atomic mass is 28.4. The number of allylic oxidation sites excluding steroid dienone is 1. The van der Waals surface area contributed by atoms with Crippen molar-refractivity contribution in [1.82, 2.24) is 0 Å². The van der Waals surface area contributed by atoms with Crippen LogP contribution in [0.3, 0.4) is 0 Å². The van der Waals surface area contributed by atoms with Crippen molar-refractivity contribution in [3.05, 3.63) is 11.6 Å². The Bertz CT molecular complexity index is 1060. The molecule has 262 valence electrons. The summed E-state index contributed by atoms with van der Waals surface area (Å²) in [5, 5.41) is 0.563. The highest BCUT2D eigenvalue weighted by molar-refractivity contribution is 6.74. The number of rotatable bonds is 10. The van der Waals surface area contributed by atoms with Crippen LogP contribution in [0.4, 0.5) is 0 Å². The maximum absolute atomic E-state index is 7.20. The lowest BCUT2D eigenvalue weighted by atomic mass is 9.44. The summed E-state index contributed by atoms with van der Waals surface area (Å²) in [5.74, 6) is 5.09. The van der Waals surface area contributed by atoms with Crippen LogP contribution in [-0.4, -0.2) is 29.3 Å². The first-order valence-corrected chi connectivity index (χ1v) is 25.2. The van der Waals surface area contributed by atoms with Gasteiger partial charge in [-0.25, -0.2) is 0 Å². The summed E-state index contributed by atoms with van der Waals surface area (Å²) in [7, 11) is -3.46. The predicted molar refractivity (Wildman–Crippen MR) is 202 cm³/mol. The number of hydrogen-bond acceptors (Lipinski definition) is 2. The van der Waals surface area contributed by atoms with Crippen molar-refractivity contribution in [1.29, 1.82) is 0 Å². The molecule has 0 N–H and O–H groups in total. The molecule has 0 bridgehead atoms. The Kier molecular flexibility index (Phi) is 10.8. The molecule has 4 aliphatic rings. The Labute approximate surface area is 284 Å². The summed E-state index contributed by atoms with van der Waals surface area (Å²) in [6, 6.07) is 0. The van der Waals surface area contributed by atoms with E-state index in [9.17, 15) is 0 Å². The van der Waals surface area contributed by atoms with Gasteiger partial charge in [-0.1, -0.05) is 108 Å². The minimum absolute atomic E-state index is 0.133. The summed E-state index contributed by atoms with van der Waals surface area (Å²) in [6.07, 6.45) is 16.9. The highest BCUT2D eigenvalue weighted by Gasteiger charge is 2.61. The third kappa shape index (κ3) is 7.07. The second-order valence-corrected chi connectivity index (χ2v) is 30.7. The second-order valence-electron chi connectivity index (χ2n) is 21.1. The van der Waals surface area contributed by atoms with Crippen LogP contribution in [-0.2, 0) is 8.85 Å². The number of hydrogen-bond donors (Lipinski definition) is 0. The van der Waals surface area contributed by atoms with Crippen LogP contribution < -0.4 is 0 Å². The zero-order valence-corrected chi connectivity index (χ0v) is 35.2. The van der Waals surface area contributed by atoms with Gasteiger partial charge in [0.2, 0.25) is 0 Å². The smallest absolute Gasteiger partial charge is 0.192 e. The minimum Gasteiger partial charge on any atom is -0.417 e. The van der Waals surface area contributed by atoms with Crippen molar-refractivity contribution in [2.24, 2.45) is 51.8 Å². The molecule has 0 radical (unpaired) electrons. The quantitative estimate of drug-likeness (QED) is 0.172. The SMILES string of the molecule is C[C@@H](CCC[C@@H](C)[C@H]1CC[C@H]2[C@@H]3CC=C4C(C)(C)C(O[Si](C)(C)C(C)(C)C)CC[C@]4(C)[C@H]3CC[C@]12C)CO[Si](C)(C)C(C)(C)C. The Morgan fingerprint density at radius 2 is 1.42 bits per heavy atom. The van der Waals surface area contributed by atoms with Crippen LogP contribution >= 0.6 is 0 Å². The van der Waals surface area contributed by atoms with Gasteiger partial charge in [-0.15, -0.1) is 0 Å². The molecule has 0 aromatic rings. The molecule has 3 fully saturated rings. The molecule has 0 aromatic carbocycles. The molecular formula is C41H78O2Si2. The minimum atomic E-state index is -1.81. The van der Waals surface area contributed by atoms with Crippen molar-refractivity contribution < 1.29 is 8.85 Å². The standard InChI is InChI=1S/C41H78O2Si2/c1-29(28-42-44(13,14)37(3,4)5)18-17-19-30(2)32-21-22-33-31-20-23-35-39(9,10)36(43-45(15,16)38(6,7)8)25-27-41(35,12)34(31)24-26-40(32,33)11/h23,29-34,36H,17-22,24-28H2,1-16H3/t29-,30+,31-,32+,33-,34-,36?,40+,41+/m0/s1. The Morgan fingerprint density at radius 1 is 0.800 bits per heavy atom. The normalized spacial score (nSPS) is 36.9. The molecule has 2 nitrogen and oxygen atoms in total.